The molecule has 0 aliphatic heterocycles. The second kappa shape index (κ2) is 8.15. The second-order valence-corrected chi connectivity index (χ2v) is 8.46. The molecule has 6 heteroatoms. The van der Waals surface area contributed by atoms with Crippen LogP contribution in [0.3, 0.4) is 0 Å². The lowest BCUT2D eigenvalue weighted by Crippen LogP contribution is -1.99. The number of aromatic nitrogens is 4. The molecule has 0 radical (unpaired) electrons. The Morgan fingerprint density at radius 3 is 2.40 bits per heavy atom. The first-order chi connectivity index (χ1) is 17.1. The van der Waals surface area contributed by atoms with E-state index in [9.17, 15) is 0 Å². The SMILES string of the molecule is [C-]#[N+]c1cc(Oc2ccc3c4ccccc4n(-c4ccccn4)c3c2)cc(-n2nc(C)cc2C)c1. The van der Waals surface area contributed by atoms with E-state index in [-0.39, 0.29) is 0 Å². The van der Waals surface area contributed by atoms with Crippen molar-refractivity contribution in [1.82, 2.24) is 19.3 Å². The minimum Gasteiger partial charge on any atom is -0.459 e. The number of ether oxygens (including phenoxy) is 1. The Hall–Kier alpha value is -4.89. The molecule has 3 aromatic carbocycles. The second-order valence-electron chi connectivity index (χ2n) is 8.46. The van der Waals surface area contributed by atoms with Crippen LogP contribution in [0.5, 0.6) is 11.5 Å². The van der Waals surface area contributed by atoms with Gasteiger partial charge in [0.25, 0.3) is 0 Å². The Bertz CT molecular complexity index is 1760. The smallest absolute Gasteiger partial charge is 0.193 e. The molecule has 0 unspecified atom stereocenters. The maximum atomic E-state index is 7.56. The van der Waals surface area contributed by atoms with Crippen LogP contribution < -0.4 is 4.74 Å². The van der Waals surface area contributed by atoms with E-state index >= 15 is 0 Å². The van der Waals surface area contributed by atoms with Gasteiger partial charge in [0.05, 0.1) is 29.0 Å². The van der Waals surface area contributed by atoms with E-state index in [1.165, 1.54) is 0 Å². The van der Waals surface area contributed by atoms with E-state index in [1.54, 1.807) is 12.3 Å². The summed E-state index contributed by atoms with van der Waals surface area (Å²) in [5.41, 5.74) is 5.29. The Morgan fingerprint density at radius 2 is 1.63 bits per heavy atom. The van der Waals surface area contributed by atoms with Crippen LogP contribution in [0.25, 0.3) is 38.2 Å². The van der Waals surface area contributed by atoms with Gasteiger partial charge in [0, 0.05) is 34.8 Å². The van der Waals surface area contributed by atoms with Crippen LogP contribution in [0, 0.1) is 20.4 Å². The number of para-hydroxylation sites is 1. The molecule has 0 saturated heterocycles. The number of benzene rings is 3. The van der Waals surface area contributed by atoms with Gasteiger partial charge in [-0.15, -0.1) is 0 Å². The van der Waals surface area contributed by atoms with Crippen molar-refractivity contribution < 1.29 is 4.74 Å². The van der Waals surface area contributed by atoms with Gasteiger partial charge < -0.3 is 4.74 Å². The van der Waals surface area contributed by atoms with Crippen molar-refractivity contribution in [3.8, 4) is 23.0 Å². The number of nitrogens with zero attached hydrogens (tertiary/aromatic N) is 5. The highest BCUT2D eigenvalue weighted by Gasteiger charge is 2.14. The molecule has 6 rings (SSSR count). The van der Waals surface area contributed by atoms with Crippen LogP contribution in [0.15, 0.2) is 91.1 Å². The summed E-state index contributed by atoms with van der Waals surface area (Å²) in [4.78, 5) is 8.24. The molecule has 0 aliphatic carbocycles. The first kappa shape index (κ1) is 20.7. The first-order valence-corrected chi connectivity index (χ1v) is 11.3. The lowest BCUT2D eigenvalue weighted by atomic mass is 10.1. The van der Waals surface area contributed by atoms with Crippen LogP contribution in [0.1, 0.15) is 11.4 Å². The van der Waals surface area contributed by atoms with Gasteiger partial charge in [0.15, 0.2) is 5.69 Å². The topological polar surface area (TPSA) is 49.2 Å². The minimum absolute atomic E-state index is 0.494. The van der Waals surface area contributed by atoms with E-state index < -0.39 is 0 Å². The average molecular weight is 456 g/mol. The zero-order valence-electron chi connectivity index (χ0n) is 19.3. The fourth-order valence-corrected chi connectivity index (χ4v) is 4.59. The molecule has 6 aromatic rings. The summed E-state index contributed by atoms with van der Waals surface area (Å²) in [7, 11) is 0. The summed E-state index contributed by atoms with van der Waals surface area (Å²) in [6.45, 7) is 11.5. The molecule has 0 spiro atoms. The van der Waals surface area contributed by atoms with E-state index in [4.69, 9.17) is 11.3 Å². The molecule has 0 atom stereocenters. The molecule has 0 amide bonds. The lowest BCUT2D eigenvalue weighted by molar-refractivity contribution is 0.483. The Balaban J connectivity index is 1.48. The molecular formula is C29H21N5O. The van der Waals surface area contributed by atoms with Gasteiger partial charge in [-0.05, 0) is 62.4 Å². The van der Waals surface area contributed by atoms with Gasteiger partial charge in [0.2, 0.25) is 0 Å². The largest absolute Gasteiger partial charge is 0.459 e. The van der Waals surface area contributed by atoms with Gasteiger partial charge in [-0.2, -0.15) is 5.10 Å². The normalized spacial score (nSPS) is 11.1. The Kier molecular flexibility index (Phi) is 4.82. The van der Waals surface area contributed by atoms with Crippen molar-refractivity contribution in [2.24, 2.45) is 0 Å². The molecule has 0 fully saturated rings. The molecule has 3 heterocycles. The predicted octanol–water partition coefficient (Wildman–Crippen LogP) is 7.32. The molecule has 168 valence electrons. The summed E-state index contributed by atoms with van der Waals surface area (Å²) >= 11 is 0. The highest BCUT2D eigenvalue weighted by atomic mass is 16.5. The van der Waals surface area contributed by atoms with Gasteiger partial charge in [-0.25, -0.2) is 14.5 Å². The third-order valence-electron chi connectivity index (χ3n) is 6.02. The molecule has 35 heavy (non-hydrogen) atoms. The van der Waals surface area contributed by atoms with Crippen LogP contribution in [0.2, 0.25) is 0 Å². The van der Waals surface area contributed by atoms with Gasteiger partial charge in [-0.1, -0.05) is 24.3 Å². The number of hydrogen-bond donors (Lipinski definition) is 0. The van der Waals surface area contributed by atoms with E-state index in [1.807, 2.05) is 79.2 Å². The highest BCUT2D eigenvalue weighted by molar-refractivity contribution is 6.09. The Labute approximate surface area is 202 Å². The fourth-order valence-electron chi connectivity index (χ4n) is 4.59. The standard InChI is InChI=1S/C29H21N5O/c1-19-14-20(2)34(32-19)22-15-21(30-3)16-24(17-22)35-23-11-12-26-25-8-4-5-9-27(25)33(28(26)18-23)29-10-6-7-13-31-29/h4-18H,1-2H3. The van der Waals surface area contributed by atoms with Crippen molar-refractivity contribution in [2.45, 2.75) is 13.8 Å². The summed E-state index contributed by atoms with van der Waals surface area (Å²) in [6, 6.07) is 27.8. The van der Waals surface area contributed by atoms with Crippen molar-refractivity contribution >= 4 is 27.5 Å². The summed E-state index contributed by atoms with van der Waals surface area (Å²) in [6.07, 6.45) is 1.80. The predicted molar refractivity (Wildman–Crippen MR) is 138 cm³/mol. The third-order valence-corrected chi connectivity index (χ3v) is 6.02. The number of fused-ring (bicyclic) bond motifs is 3. The minimum atomic E-state index is 0.494. The van der Waals surface area contributed by atoms with Crippen LogP contribution in [0.4, 0.5) is 5.69 Å². The maximum absolute atomic E-state index is 7.56. The first-order valence-electron chi connectivity index (χ1n) is 11.3. The molecule has 6 nitrogen and oxygen atoms in total. The molecule has 3 aromatic heterocycles. The zero-order chi connectivity index (χ0) is 23.9. The van der Waals surface area contributed by atoms with E-state index in [0.717, 1.165) is 44.7 Å². The molecule has 0 N–H and O–H groups in total. The molecule has 0 aliphatic rings. The fraction of sp³-hybridized carbons (Fsp3) is 0.0690. The van der Waals surface area contributed by atoms with Crippen molar-refractivity contribution in [3.05, 3.63) is 114 Å². The average Bonchev–Trinajstić information content (AvgIpc) is 3.40. The molecule has 0 saturated carbocycles. The number of hydrogen-bond acceptors (Lipinski definition) is 3. The van der Waals surface area contributed by atoms with Gasteiger partial charge in [-0.3, -0.25) is 4.57 Å². The van der Waals surface area contributed by atoms with Crippen molar-refractivity contribution in [3.63, 3.8) is 0 Å². The third kappa shape index (κ3) is 3.60. The summed E-state index contributed by atoms with van der Waals surface area (Å²) < 4.78 is 10.3. The summed E-state index contributed by atoms with van der Waals surface area (Å²) in [5, 5.41) is 6.84. The monoisotopic (exact) mass is 455 g/mol. The van der Waals surface area contributed by atoms with Crippen LogP contribution in [-0.4, -0.2) is 19.3 Å². The zero-order valence-corrected chi connectivity index (χ0v) is 19.3. The number of rotatable bonds is 4. The Morgan fingerprint density at radius 1 is 0.800 bits per heavy atom. The lowest BCUT2D eigenvalue weighted by Gasteiger charge is -2.11. The van der Waals surface area contributed by atoms with Crippen molar-refractivity contribution in [1.29, 1.82) is 0 Å². The van der Waals surface area contributed by atoms with E-state index in [2.05, 4.69) is 37.7 Å². The number of aryl methyl sites for hydroxylation is 2. The van der Waals surface area contributed by atoms with Gasteiger partial charge in [0.1, 0.15) is 17.3 Å². The summed E-state index contributed by atoms with van der Waals surface area (Å²) in [5.74, 6) is 2.11. The molecular weight excluding hydrogens is 434 g/mol. The van der Waals surface area contributed by atoms with Gasteiger partial charge >= 0.3 is 0 Å². The number of pyridine rings is 1. The highest BCUT2D eigenvalue weighted by Crippen LogP contribution is 2.36. The van der Waals surface area contributed by atoms with Crippen LogP contribution >= 0.6 is 0 Å². The molecule has 0 bridgehead atoms. The quantitative estimate of drug-likeness (QED) is 0.262. The maximum Gasteiger partial charge on any atom is 0.193 e. The van der Waals surface area contributed by atoms with Crippen LogP contribution in [-0.2, 0) is 0 Å². The van der Waals surface area contributed by atoms with Crippen molar-refractivity contribution in [2.75, 3.05) is 0 Å². The van der Waals surface area contributed by atoms with E-state index in [0.29, 0.717) is 17.2 Å².